The maximum Gasteiger partial charge on any atom is 0.293 e. The zero-order chi connectivity index (χ0) is 21.1. The Balaban J connectivity index is 1.33. The molecular formula is C22H21BrCl2N2O3. The van der Waals surface area contributed by atoms with Crippen LogP contribution in [0.25, 0.3) is 0 Å². The van der Waals surface area contributed by atoms with Crippen molar-refractivity contribution in [1.82, 2.24) is 4.90 Å². The molecule has 0 aromatic heterocycles. The van der Waals surface area contributed by atoms with Gasteiger partial charge in [0.05, 0.1) is 10.7 Å². The Morgan fingerprint density at radius 1 is 1.17 bits per heavy atom. The third kappa shape index (κ3) is 4.83. The number of hydrogen-bond donors (Lipinski definition) is 0. The maximum atomic E-state index is 10.3. The van der Waals surface area contributed by atoms with Gasteiger partial charge < -0.3 is 9.57 Å². The van der Waals surface area contributed by atoms with E-state index in [2.05, 4.69) is 26.0 Å². The van der Waals surface area contributed by atoms with Crippen molar-refractivity contribution < 1.29 is 14.4 Å². The molecule has 2 aromatic carbocycles. The molecule has 0 amide bonds. The fourth-order valence-electron chi connectivity index (χ4n) is 3.91. The lowest BCUT2D eigenvalue weighted by Gasteiger charge is -2.37. The van der Waals surface area contributed by atoms with Crippen molar-refractivity contribution in [3.8, 4) is 0 Å². The predicted octanol–water partition coefficient (Wildman–Crippen LogP) is 5.59. The highest BCUT2D eigenvalue weighted by Crippen LogP contribution is 2.37. The lowest BCUT2D eigenvalue weighted by molar-refractivity contribution is -0.129. The van der Waals surface area contributed by atoms with Crippen molar-refractivity contribution in [2.24, 2.45) is 5.16 Å². The van der Waals surface area contributed by atoms with Gasteiger partial charge in [0.2, 0.25) is 0 Å². The quantitative estimate of drug-likeness (QED) is 0.374. The number of hydrogen-bond acceptors (Lipinski definition) is 5. The highest BCUT2D eigenvalue weighted by Gasteiger charge is 2.42. The molecule has 2 heterocycles. The summed E-state index contributed by atoms with van der Waals surface area (Å²) in [5.74, 6) is 0. The number of oxime groups is 1. The van der Waals surface area contributed by atoms with Crippen LogP contribution in [0.3, 0.4) is 0 Å². The molecule has 0 bridgehead atoms. The summed E-state index contributed by atoms with van der Waals surface area (Å²) < 4.78 is 5.65. The molecule has 1 fully saturated rings. The van der Waals surface area contributed by atoms with Crippen molar-refractivity contribution in [3.63, 3.8) is 0 Å². The van der Waals surface area contributed by atoms with Gasteiger partial charge in [-0.3, -0.25) is 9.69 Å². The Kier molecular flexibility index (Phi) is 6.68. The van der Waals surface area contributed by atoms with Crippen LogP contribution in [0.2, 0.25) is 10.0 Å². The minimum Gasteiger partial charge on any atom is -0.463 e. The standard InChI is InChI=1S/C22H21BrCl2N2O3/c23-18-9-17(19(24)10-20(18)25)12-27-7-5-22(6-8-27)11-21(26-30-22)16-3-1-15(2-4-16)13-29-14-28/h1-4,9-10,14H,5-8,11-13H2. The summed E-state index contributed by atoms with van der Waals surface area (Å²) >= 11 is 16.0. The summed E-state index contributed by atoms with van der Waals surface area (Å²) in [6, 6.07) is 11.7. The Labute approximate surface area is 194 Å². The van der Waals surface area contributed by atoms with Gasteiger partial charge in [0, 0.05) is 48.4 Å². The second-order valence-corrected chi connectivity index (χ2v) is 9.40. The number of halogens is 3. The van der Waals surface area contributed by atoms with Crippen LogP contribution in [0.15, 0.2) is 46.0 Å². The van der Waals surface area contributed by atoms with Gasteiger partial charge in [-0.2, -0.15) is 0 Å². The van der Waals surface area contributed by atoms with Crippen LogP contribution < -0.4 is 0 Å². The zero-order valence-electron chi connectivity index (χ0n) is 16.2. The van der Waals surface area contributed by atoms with Crippen LogP contribution in [0.5, 0.6) is 0 Å². The van der Waals surface area contributed by atoms with Gasteiger partial charge in [0.1, 0.15) is 12.2 Å². The molecule has 2 aliphatic heterocycles. The molecule has 4 rings (SSSR count). The fourth-order valence-corrected chi connectivity index (χ4v) is 4.75. The van der Waals surface area contributed by atoms with Crippen molar-refractivity contribution in [2.45, 2.75) is 38.0 Å². The topological polar surface area (TPSA) is 51.1 Å². The van der Waals surface area contributed by atoms with Crippen LogP contribution in [0, 0.1) is 0 Å². The largest absolute Gasteiger partial charge is 0.463 e. The first-order valence-corrected chi connectivity index (χ1v) is 11.3. The van der Waals surface area contributed by atoms with E-state index in [4.69, 9.17) is 32.8 Å². The van der Waals surface area contributed by atoms with Gasteiger partial charge in [-0.1, -0.05) is 52.6 Å². The number of carbonyl (C=O) groups is 1. The van der Waals surface area contributed by atoms with E-state index in [1.54, 1.807) is 6.07 Å². The molecule has 2 aromatic rings. The van der Waals surface area contributed by atoms with E-state index in [1.165, 1.54) is 0 Å². The summed E-state index contributed by atoms with van der Waals surface area (Å²) in [6.45, 7) is 3.35. The molecule has 30 heavy (non-hydrogen) atoms. The molecule has 0 saturated carbocycles. The molecule has 5 nitrogen and oxygen atoms in total. The first kappa shape index (κ1) is 21.6. The second kappa shape index (κ2) is 9.27. The van der Waals surface area contributed by atoms with E-state index in [1.807, 2.05) is 30.3 Å². The average Bonchev–Trinajstić information content (AvgIpc) is 3.16. The number of rotatable bonds is 6. The minimum atomic E-state index is -0.227. The van der Waals surface area contributed by atoms with Crippen LogP contribution in [-0.2, 0) is 27.5 Å². The molecular weight excluding hydrogens is 491 g/mol. The average molecular weight is 512 g/mol. The first-order valence-electron chi connectivity index (χ1n) is 9.73. The third-order valence-corrected chi connectivity index (χ3v) is 7.24. The van der Waals surface area contributed by atoms with Gasteiger partial charge in [-0.15, -0.1) is 0 Å². The number of benzene rings is 2. The molecule has 0 radical (unpaired) electrons. The van der Waals surface area contributed by atoms with E-state index in [0.717, 1.165) is 65.8 Å². The Morgan fingerprint density at radius 2 is 1.90 bits per heavy atom. The highest BCUT2D eigenvalue weighted by atomic mass is 79.9. The molecule has 1 spiro atoms. The smallest absolute Gasteiger partial charge is 0.293 e. The Bertz CT molecular complexity index is 958. The van der Waals surface area contributed by atoms with Crippen molar-refractivity contribution in [1.29, 1.82) is 0 Å². The minimum absolute atomic E-state index is 0.227. The summed E-state index contributed by atoms with van der Waals surface area (Å²) in [7, 11) is 0. The lowest BCUT2D eigenvalue weighted by Crippen LogP contribution is -2.44. The summed E-state index contributed by atoms with van der Waals surface area (Å²) in [4.78, 5) is 18.6. The van der Waals surface area contributed by atoms with Gasteiger partial charge in [0.15, 0.2) is 0 Å². The van der Waals surface area contributed by atoms with E-state index in [9.17, 15) is 4.79 Å². The number of likely N-dealkylation sites (tertiary alicyclic amines) is 1. The molecule has 0 atom stereocenters. The lowest BCUT2D eigenvalue weighted by atomic mass is 9.85. The normalized spacial score (nSPS) is 18.2. The molecule has 158 valence electrons. The van der Waals surface area contributed by atoms with E-state index < -0.39 is 0 Å². The maximum absolute atomic E-state index is 10.3. The van der Waals surface area contributed by atoms with Crippen LogP contribution in [0.1, 0.15) is 36.0 Å². The predicted molar refractivity (Wildman–Crippen MR) is 121 cm³/mol. The van der Waals surface area contributed by atoms with Crippen molar-refractivity contribution in [3.05, 3.63) is 67.6 Å². The second-order valence-electron chi connectivity index (χ2n) is 7.73. The van der Waals surface area contributed by atoms with Gasteiger partial charge in [0.25, 0.3) is 6.47 Å². The summed E-state index contributed by atoms with van der Waals surface area (Å²) in [6.07, 6.45) is 2.63. The molecule has 0 N–H and O–H groups in total. The number of carbonyl (C=O) groups excluding carboxylic acids is 1. The Morgan fingerprint density at radius 3 is 2.60 bits per heavy atom. The molecule has 8 heteroatoms. The summed E-state index contributed by atoms with van der Waals surface area (Å²) in [5, 5.41) is 5.70. The molecule has 1 saturated heterocycles. The molecule has 0 aliphatic carbocycles. The Hall–Kier alpha value is -1.60. The van der Waals surface area contributed by atoms with Crippen LogP contribution in [0.4, 0.5) is 0 Å². The highest BCUT2D eigenvalue weighted by molar-refractivity contribution is 9.10. The van der Waals surface area contributed by atoms with E-state index >= 15 is 0 Å². The number of ether oxygens (including phenoxy) is 1. The zero-order valence-corrected chi connectivity index (χ0v) is 19.3. The van der Waals surface area contributed by atoms with Crippen LogP contribution in [-0.4, -0.2) is 35.8 Å². The molecule has 2 aliphatic rings. The van der Waals surface area contributed by atoms with E-state index in [-0.39, 0.29) is 12.2 Å². The van der Waals surface area contributed by atoms with E-state index in [0.29, 0.717) is 16.5 Å². The van der Waals surface area contributed by atoms with Crippen molar-refractivity contribution in [2.75, 3.05) is 13.1 Å². The number of nitrogens with zero attached hydrogens (tertiary/aromatic N) is 2. The first-order chi connectivity index (χ1) is 14.5. The molecule has 0 unspecified atom stereocenters. The van der Waals surface area contributed by atoms with Crippen molar-refractivity contribution >= 4 is 51.3 Å². The third-order valence-electron chi connectivity index (χ3n) is 5.69. The van der Waals surface area contributed by atoms with Gasteiger partial charge >= 0.3 is 0 Å². The number of piperidine rings is 1. The summed E-state index contributed by atoms with van der Waals surface area (Å²) in [5.41, 5.74) is 3.79. The van der Waals surface area contributed by atoms with Gasteiger partial charge in [-0.25, -0.2) is 0 Å². The van der Waals surface area contributed by atoms with Crippen LogP contribution >= 0.6 is 39.1 Å². The fraction of sp³-hybridized carbons (Fsp3) is 0.364. The monoisotopic (exact) mass is 510 g/mol. The van der Waals surface area contributed by atoms with Gasteiger partial charge in [-0.05, 0) is 44.8 Å². The SMILES string of the molecule is O=COCc1ccc(C2=NOC3(CCN(Cc4cc(Br)c(Cl)cc4Cl)CC3)C2)cc1.